The van der Waals surface area contributed by atoms with Crippen molar-refractivity contribution < 1.29 is 27.7 Å². The predicted octanol–water partition coefficient (Wildman–Crippen LogP) is -2.21. The molecule has 0 saturated carbocycles. The van der Waals surface area contributed by atoms with Crippen LogP contribution >= 0.6 is 0 Å². The van der Waals surface area contributed by atoms with Crippen molar-refractivity contribution in [1.29, 1.82) is 0 Å². The van der Waals surface area contributed by atoms with Gasteiger partial charge < -0.3 is 16.2 Å². The van der Waals surface area contributed by atoms with Crippen LogP contribution in [0.5, 0.6) is 0 Å². The van der Waals surface area contributed by atoms with E-state index < -0.39 is 40.2 Å². The maximum atomic E-state index is 10.9. The lowest BCUT2D eigenvalue weighted by Crippen LogP contribution is -2.38. The summed E-state index contributed by atoms with van der Waals surface area (Å²) in [5.74, 6) is -2.63. The average Bonchev–Trinajstić information content (AvgIpc) is 2.01. The van der Waals surface area contributed by atoms with Crippen LogP contribution in [0.1, 0.15) is 6.42 Å². The molecule has 0 rings (SSSR count). The van der Waals surface area contributed by atoms with Gasteiger partial charge in [-0.05, 0) is 0 Å². The zero-order chi connectivity index (χ0) is 12.1. The van der Waals surface area contributed by atoms with Crippen molar-refractivity contribution in [2.24, 2.45) is 5.73 Å². The molecule has 0 heterocycles. The molecule has 1 atom stereocenters. The summed E-state index contributed by atoms with van der Waals surface area (Å²) in [6.45, 7) is -0.288. The largest absolute Gasteiger partial charge is 0.480 e. The van der Waals surface area contributed by atoms with Crippen LogP contribution in [-0.4, -0.2) is 48.3 Å². The molecule has 1 amide bonds. The molecule has 0 fully saturated rings. The molecule has 0 bridgehead atoms. The first-order valence-electron chi connectivity index (χ1n) is 3.92. The predicted molar refractivity (Wildman–Crippen MR) is 49.7 cm³/mol. The number of hydrogen-bond donors (Lipinski definition) is 4. The topological polar surface area (TPSA) is 147 Å². The van der Waals surface area contributed by atoms with Crippen LogP contribution in [0.2, 0.25) is 0 Å². The molecule has 0 aliphatic carbocycles. The minimum atomic E-state index is -4.13. The highest BCUT2D eigenvalue weighted by Gasteiger charge is 2.16. The Hall–Kier alpha value is -1.19. The van der Waals surface area contributed by atoms with E-state index in [-0.39, 0.29) is 6.54 Å². The Morgan fingerprint density at radius 2 is 1.93 bits per heavy atom. The third-order valence-electron chi connectivity index (χ3n) is 1.40. The molecule has 0 radical (unpaired) electrons. The first-order chi connectivity index (χ1) is 6.72. The van der Waals surface area contributed by atoms with Crippen molar-refractivity contribution in [2.45, 2.75) is 12.5 Å². The van der Waals surface area contributed by atoms with Crippen molar-refractivity contribution in [1.82, 2.24) is 5.32 Å². The number of carbonyl (C=O) groups is 2. The SMILES string of the molecule is NC(CC(=O)NCCS(=O)(=O)O)C(=O)O. The van der Waals surface area contributed by atoms with Gasteiger partial charge in [0.1, 0.15) is 6.04 Å². The van der Waals surface area contributed by atoms with E-state index in [1.807, 2.05) is 0 Å². The minimum Gasteiger partial charge on any atom is -0.480 e. The van der Waals surface area contributed by atoms with Crippen LogP contribution in [0.4, 0.5) is 0 Å². The van der Waals surface area contributed by atoms with Crippen molar-refractivity contribution in [3.63, 3.8) is 0 Å². The lowest BCUT2D eigenvalue weighted by atomic mass is 10.2. The molecular weight excluding hydrogens is 228 g/mol. The molecule has 8 nitrogen and oxygen atoms in total. The lowest BCUT2D eigenvalue weighted by molar-refractivity contribution is -0.140. The maximum Gasteiger partial charge on any atom is 0.321 e. The molecule has 0 spiro atoms. The van der Waals surface area contributed by atoms with E-state index in [0.717, 1.165) is 0 Å². The summed E-state index contributed by atoms with van der Waals surface area (Å²) in [4.78, 5) is 21.1. The second-order valence-electron chi connectivity index (χ2n) is 2.78. The smallest absolute Gasteiger partial charge is 0.321 e. The van der Waals surface area contributed by atoms with Crippen LogP contribution in [0, 0.1) is 0 Å². The van der Waals surface area contributed by atoms with E-state index in [9.17, 15) is 18.0 Å². The highest BCUT2D eigenvalue weighted by molar-refractivity contribution is 7.85. The van der Waals surface area contributed by atoms with Gasteiger partial charge in [0.2, 0.25) is 5.91 Å². The van der Waals surface area contributed by atoms with Gasteiger partial charge in [-0.1, -0.05) is 0 Å². The van der Waals surface area contributed by atoms with E-state index >= 15 is 0 Å². The number of carboxylic acids is 1. The number of aliphatic carboxylic acids is 1. The number of carbonyl (C=O) groups excluding carboxylic acids is 1. The van der Waals surface area contributed by atoms with Crippen molar-refractivity contribution >= 4 is 22.0 Å². The Labute approximate surface area is 86.2 Å². The van der Waals surface area contributed by atoms with Crippen LogP contribution in [0.25, 0.3) is 0 Å². The van der Waals surface area contributed by atoms with E-state index in [0.29, 0.717) is 0 Å². The quantitative estimate of drug-likeness (QED) is 0.385. The molecule has 0 aromatic rings. The Balaban J connectivity index is 3.82. The fraction of sp³-hybridized carbons (Fsp3) is 0.667. The third kappa shape index (κ3) is 7.85. The monoisotopic (exact) mass is 240 g/mol. The molecule has 0 aliphatic rings. The summed E-state index contributed by atoms with van der Waals surface area (Å²) in [7, 11) is -4.13. The van der Waals surface area contributed by atoms with Crippen LogP contribution in [0.15, 0.2) is 0 Å². The number of amides is 1. The minimum absolute atomic E-state index is 0.288. The summed E-state index contributed by atoms with van der Waals surface area (Å²) in [6, 6.07) is -1.32. The number of nitrogens with one attached hydrogen (secondary N) is 1. The fourth-order valence-corrected chi connectivity index (χ4v) is 1.04. The van der Waals surface area contributed by atoms with Gasteiger partial charge in [-0.15, -0.1) is 0 Å². The van der Waals surface area contributed by atoms with Gasteiger partial charge in [-0.25, -0.2) is 0 Å². The van der Waals surface area contributed by atoms with E-state index in [1.54, 1.807) is 0 Å². The number of nitrogens with two attached hydrogens (primary N) is 1. The van der Waals surface area contributed by atoms with Crippen LogP contribution in [0.3, 0.4) is 0 Å². The number of carboxylic acid groups (broad SMARTS) is 1. The second kappa shape index (κ2) is 5.63. The van der Waals surface area contributed by atoms with Gasteiger partial charge in [0.15, 0.2) is 0 Å². The maximum absolute atomic E-state index is 10.9. The first kappa shape index (κ1) is 13.8. The molecule has 9 heteroatoms. The van der Waals surface area contributed by atoms with Crippen molar-refractivity contribution in [2.75, 3.05) is 12.3 Å². The van der Waals surface area contributed by atoms with Gasteiger partial charge in [0, 0.05) is 6.54 Å². The van der Waals surface area contributed by atoms with Gasteiger partial charge in [-0.3, -0.25) is 14.1 Å². The number of hydrogen-bond acceptors (Lipinski definition) is 5. The summed E-state index contributed by atoms with van der Waals surface area (Å²) >= 11 is 0. The molecular formula is C6H12N2O6S. The number of rotatable bonds is 6. The van der Waals surface area contributed by atoms with Gasteiger partial charge >= 0.3 is 5.97 Å². The normalized spacial score (nSPS) is 13.2. The average molecular weight is 240 g/mol. The molecule has 15 heavy (non-hydrogen) atoms. The summed E-state index contributed by atoms with van der Waals surface area (Å²) in [5.41, 5.74) is 5.05. The molecule has 1 unspecified atom stereocenters. The Bertz CT molecular complexity index is 338. The van der Waals surface area contributed by atoms with E-state index in [2.05, 4.69) is 5.32 Å². The summed E-state index contributed by atoms with van der Waals surface area (Å²) < 4.78 is 28.8. The Kier molecular flexibility index (Phi) is 5.19. The highest BCUT2D eigenvalue weighted by Crippen LogP contribution is 1.88. The summed E-state index contributed by atoms with van der Waals surface area (Å²) in [5, 5.41) is 10.4. The van der Waals surface area contributed by atoms with E-state index in [1.165, 1.54) is 0 Å². The third-order valence-corrected chi connectivity index (χ3v) is 2.12. The van der Waals surface area contributed by atoms with E-state index in [4.69, 9.17) is 15.4 Å². The fourth-order valence-electron chi connectivity index (χ4n) is 0.679. The highest BCUT2D eigenvalue weighted by atomic mass is 32.2. The molecule has 0 aliphatic heterocycles. The Morgan fingerprint density at radius 3 is 2.33 bits per heavy atom. The van der Waals surface area contributed by atoms with Gasteiger partial charge in [-0.2, -0.15) is 8.42 Å². The molecule has 5 N–H and O–H groups in total. The van der Waals surface area contributed by atoms with Crippen LogP contribution in [-0.2, 0) is 19.7 Å². The van der Waals surface area contributed by atoms with Crippen LogP contribution < -0.4 is 11.1 Å². The van der Waals surface area contributed by atoms with Gasteiger partial charge in [0.25, 0.3) is 10.1 Å². The molecule has 0 saturated heterocycles. The molecule has 88 valence electrons. The lowest BCUT2D eigenvalue weighted by Gasteiger charge is -2.06. The first-order valence-corrected chi connectivity index (χ1v) is 5.53. The zero-order valence-corrected chi connectivity index (χ0v) is 8.53. The zero-order valence-electron chi connectivity index (χ0n) is 7.71. The van der Waals surface area contributed by atoms with Gasteiger partial charge in [0.05, 0.1) is 12.2 Å². The Morgan fingerprint density at radius 1 is 1.40 bits per heavy atom. The second-order valence-corrected chi connectivity index (χ2v) is 4.36. The molecule has 0 aromatic heterocycles. The molecule has 0 aromatic carbocycles. The van der Waals surface area contributed by atoms with Crippen molar-refractivity contribution in [3.8, 4) is 0 Å². The standard InChI is InChI=1S/C6H12N2O6S/c7-4(6(10)11)3-5(9)8-1-2-15(12,13)14/h4H,1-3,7H2,(H,8,9)(H,10,11)(H,12,13,14). The van der Waals surface area contributed by atoms with Crippen molar-refractivity contribution in [3.05, 3.63) is 0 Å². The summed E-state index contributed by atoms with van der Waals surface area (Å²) in [6.07, 6.45) is -0.444.